The van der Waals surface area contributed by atoms with E-state index in [1.807, 2.05) is 29.5 Å². The maximum absolute atomic E-state index is 12.9. The number of para-hydroxylation sites is 1. The molecule has 1 radical (unpaired) electrons. The molecular formula is C18H24N3O3. The fourth-order valence-electron chi connectivity index (χ4n) is 3.69. The van der Waals surface area contributed by atoms with Crippen molar-refractivity contribution in [3.8, 4) is 0 Å². The quantitative estimate of drug-likeness (QED) is 0.650. The summed E-state index contributed by atoms with van der Waals surface area (Å²) in [5, 5.41) is 8.91. The van der Waals surface area contributed by atoms with Crippen LogP contribution in [-0.2, 0) is 9.59 Å². The Kier molecular flexibility index (Phi) is 5.35. The lowest BCUT2D eigenvalue weighted by molar-refractivity contribution is -0.146. The average molecular weight is 330 g/mol. The fraction of sp³-hybridized carbons (Fsp3) is 0.500. The van der Waals surface area contributed by atoms with Crippen LogP contribution in [-0.4, -0.2) is 48.1 Å². The van der Waals surface area contributed by atoms with Gasteiger partial charge in [-0.1, -0.05) is 18.2 Å². The fourth-order valence-corrected chi connectivity index (χ4v) is 3.69. The molecule has 2 amide bonds. The van der Waals surface area contributed by atoms with Crippen LogP contribution in [0, 0.1) is 18.3 Å². The number of nitrogens with zero attached hydrogens (tertiary/aromatic N) is 2. The molecule has 1 saturated carbocycles. The van der Waals surface area contributed by atoms with Crippen molar-refractivity contribution in [2.45, 2.75) is 19.3 Å². The summed E-state index contributed by atoms with van der Waals surface area (Å²) in [7, 11) is 0. The maximum atomic E-state index is 12.9. The standard InChI is InChI=1S/C18H24N3O3/c22-17(19-24)15-8-4-5-9-16(15)18(23)21-12-10-20(11-13-21)14-6-2-1-3-7-14/h1-4,6-7,15-16,24H,5,8-13H2,(H,19,22)/t15-,16+/m1/s1. The Labute approximate surface area is 142 Å². The molecule has 0 aromatic heterocycles. The lowest BCUT2D eigenvalue weighted by Gasteiger charge is -2.39. The molecule has 0 unspecified atom stereocenters. The topological polar surface area (TPSA) is 72.9 Å². The third-order valence-corrected chi connectivity index (χ3v) is 5.06. The Morgan fingerprint density at radius 1 is 1.04 bits per heavy atom. The van der Waals surface area contributed by atoms with E-state index in [9.17, 15) is 9.59 Å². The van der Waals surface area contributed by atoms with Crippen LogP contribution in [0.3, 0.4) is 0 Å². The van der Waals surface area contributed by atoms with E-state index in [0.717, 1.165) is 19.5 Å². The van der Waals surface area contributed by atoms with Crippen molar-refractivity contribution in [1.29, 1.82) is 0 Å². The first-order chi connectivity index (χ1) is 11.7. The number of carbonyl (C=O) groups excluding carboxylic acids is 2. The van der Waals surface area contributed by atoms with Gasteiger partial charge in [0.25, 0.3) is 0 Å². The Bertz CT molecular complexity index is 570. The SMILES string of the molecule is O=C(NO)[C@@H]1C[CH]CC[C@@H]1C(=O)N1CCN(c2ccccc2)CC1. The monoisotopic (exact) mass is 330 g/mol. The summed E-state index contributed by atoms with van der Waals surface area (Å²) in [4.78, 5) is 28.8. The highest BCUT2D eigenvalue weighted by molar-refractivity contribution is 5.87. The van der Waals surface area contributed by atoms with Gasteiger partial charge in [-0.05, 0) is 37.8 Å². The molecule has 3 rings (SSSR count). The van der Waals surface area contributed by atoms with Crippen molar-refractivity contribution >= 4 is 17.5 Å². The van der Waals surface area contributed by atoms with Crippen LogP contribution in [0.4, 0.5) is 5.69 Å². The highest BCUT2D eigenvalue weighted by Gasteiger charge is 2.38. The largest absolute Gasteiger partial charge is 0.368 e. The number of piperazine rings is 1. The van der Waals surface area contributed by atoms with Gasteiger partial charge >= 0.3 is 0 Å². The molecule has 0 spiro atoms. The van der Waals surface area contributed by atoms with Crippen LogP contribution >= 0.6 is 0 Å². The summed E-state index contributed by atoms with van der Waals surface area (Å²) >= 11 is 0. The Balaban J connectivity index is 1.61. The van der Waals surface area contributed by atoms with Crippen LogP contribution in [0.25, 0.3) is 0 Å². The number of nitrogens with one attached hydrogen (secondary N) is 1. The van der Waals surface area contributed by atoms with E-state index >= 15 is 0 Å². The van der Waals surface area contributed by atoms with Crippen LogP contribution in [0.15, 0.2) is 30.3 Å². The number of hydroxylamine groups is 1. The number of carbonyl (C=O) groups is 2. The van der Waals surface area contributed by atoms with E-state index in [4.69, 9.17) is 5.21 Å². The lowest BCUT2D eigenvalue weighted by atomic mass is 9.78. The summed E-state index contributed by atoms with van der Waals surface area (Å²) < 4.78 is 0. The number of hydrogen-bond acceptors (Lipinski definition) is 4. The van der Waals surface area contributed by atoms with Gasteiger partial charge < -0.3 is 9.80 Å². The Morgan fingerprint density at radius 2 is 1.75 bits per heavy atom. The molecule has 1 aromatic carbocycles. The zero-order chi connectivity index (χ0) is 16.9. The molecule has 1 aliphatic carbocycles. The van der Waals surface area contributed by atoms with Gasteiger partial charge in [0.05, 0.1) is 5.92 Å². The summed E-state index contributed by atoms with van der Waals surface area (Å²) in [6.07, 6.45) is 4.09. The van der Waals surface area contributed by atoms with Crippen molar-refractivity contribution in [2.24, 2.45) is 11.8 Å². The molecule has 6 nitrogen and oxygen atoms in total. The minimum atomic E-state index is -0.455. The van der Waals surface area contributed by atoms with Gasteiger partial charge in [-0.25, -0.2) is 5.48 Å². The summed E-state index contributed by atoms with van der Waals surface area (Å²) in [6, 6.07) is 10.2. The molecule has 6 heteroatoms. The van der Waals surface area contributed by atoms with Crippen molar-refractivity contribution in [3.63, 3.8) is 0 Å². The Morgan fingerprint density at radius 3 is 2.42 bits per heavy atom. The lowest BCUT2D eigenvalue weighted by Crippen LogP contribution is -2.52. The molecule has 1 aromatic rings. The molecule has 1 heterocycles. The van der Waals surface area contributed by atoms with Crippen LogP contribution in [0.1, 0.15) is 19.3 Å². The molecule has 2 N–H and O–H groups in total. The van der Waals surface area contributed by atoms with Crippen LogP contribution in [0.5, 0.6) is 0 Å². The van der Waals surface area contributed by atoms with Gasteiger partial charge in [0.1, 0.15) is 0 Å². The zero-order valence-electron chi connectivity index (χ0n) is 13.7. The number of anilines is 1. The summed E-state index contributed by atoms with van der Waals surface area (Å²) in [5.74, 6) is -1.19. The molecule has 1 saturated heterocycles. The van der Waals surface area contributed by atoms with E-state index < -0.39 is 11.8 Å². The smallest absolute Gasteiger partial charge is 0.247 e. The first-order valence-corrected chi connectivity index (χ1v) is 8.55. The van der Waals surface area contributed by atoms with Crippen molar-refractivity contribution in [1.82, 2.24) is 10.4 Å². The molecular weight excluding hydrogens is 306 g/mol. The van der Waals surface area contributed by atoms with Crippen LogP contribution in [0.2, 0.25) is 0 Å². The van der Waals surface area contributed by atoms with E-state index in [0.29, 0.717) is 25.9 Å². The minimum absolute atomic E-state index is 0.0458. The van der Waals surface area contributed by atoms with Crippen molar-refractivity contribution in [3.05, 3.63) is 36.8 Å². The van der Waals surface area contributed by atoms with Gasteiger partial charge in [-0.15, -0.1) is 0 Å². The predicted molar refractivity (Wildman–Crippen MR) is 90.3 cm³/mol. The summed E-state index contributed by atoms with van der Waals surface area (Å²) in [5.41, 5.74) is 2.89. The second kappa shape index (κ2) is 7.66. The number of amides is 2. The van der Waals surface area contributed by atoms with Crippen molar-refractivity contribution in [2.75, 3.05) is 31.1 Å². The zero-order valence-corrected chi connectivity index (χ0v) is 13.7. The highest BCUT2D eigenvalue weighted by Crippen LogP contribution is 2.31. The second-order valence-electron chi connectivity index (χ2n) is 6.44. The van der Waals surface area contributed by atoms with Gasteiger partial charge in [0, 0.05) is 37.8 Å². The van der Waals surface area contributed by atoms with Gasteiger partial charge in [-0.3, -0.25) is 14.8 Å². The molecule has 2 atom stereocenters. The number of rotatable bonds is 3. The van der Waals surface area contributed by atoms with E-state index in [1.54, 1.807) is 5.48 Å². The Hall–Kier alpha value is -2.08. The van der Waals surface area contributed by atoms with Crippen LogP contribution < -0.4 is 10.4 Å². The predicted octanol–water partition coefficient (Wildman–Crippen LogP) is 1.46. The third-order valence-electron chi connectivity index (χ3n) is 5.06. The van der Waals surface area contributed by atoms with Gasteiger partial charge in [0.15, 0.2) is 0 Å². The first kappa shape index (κ1) is 16.8. The second-order valence-corrected chi connectivity index (χ2v) is 6.44. The molecule has 0 bridgehead atoms. The number of benzene rings is 1. The first-order valence-electron chi connectivity index (χ1n) is 8.55. The molecule has 24 heavy (non-hydrogen) atoms. The third kappa shape index (κ3) is 3.53. The molecule has 1 aliphatic heterocycles. The maximum Gasteiger partial charge on any atom is 0.247 e. The summed E-state index contributed by atoms with van der Waals surface area (Å²) in [6.45, 7) is 2.93. The minimum Gasteiger partial charge on any atom is -0.368 e. The van der Waals surface area contributed by atoms with E-state index in [1.165, 1.54) is 5.69 Å². The molecule has 129 valence electrons. The number of hydrogen-bond donors (Lipinski definition) is 2. The van der Waals surface area contributed by atoms with E-state index in [-0.39, 0.29) is 11.8 Å². The van der Waals surface area contributed by atoms with Gasteiger partial charge in [-0.2, -0.15) is 0 Å². The van der Waals surface area contributed by atoms with Gasteiger partial charge in [0.2, 0.25) is 11.8 Å². The van der Waals surface area contributed by atoms with Crippen molar-refractivity contribution < 1.29 is 14.8 Å². The molecule has 2 aliphatic rings. The highest BCUT2D eigenvalue weighted by atomic mass is 16.5. The average Bonchev–Trinajstić information content (AvgIpc) is 2.67. The molecule has 2 fully saturated rings. The normalized spacial score (nSPS) is 24.5. The van der Waals surface area contributed by atoms with E-state index in [2.05, 4.69) is 17.0 Å².